The summed E-state index contributed by atoms with van der Waals surface area (Å²) < 4.78 is 0. The van der Waals surface area contributed by atoms with E-state index in [0.29, 0.717) is 10.0 Å². The van der Waals surface area contributed by atoms with Gasteiger partial charge in [-0.15, -0.1) is 23.7 Å². The number of halogens is 3. The van der Waals surface area contributed by atoms with Crippen molar-refractivity contribution in [3.63, 3.8) is 0 Å². The number of rotatable bonds is 4. The second-order valence-electron chi connectivity index (χ2n) is 5.00. The molecule has 0 aliphatic heterocycles. The second kappa shape index (κ2) is 6.67. The van der Waals surface area contributed by atoms with E-state index in [9.17, 15) is 0 Å². The van der Waals surface area contributed by atoms with Crippen LogP contribution in [-0.4, -0.2) is 0 Å². The first kappa shape index (κ1) is 16.1. The highest BCUT2D eigenvalue weighted by atomic mass is 35.5. The van der Waals surface area contributed by atoms with Gasteiger partial charge in [0.05, 0.1) is 10.0 Å². The molecule has 3 rings (SSSR count). The molecule has 0 radical (unpaired) electrons. The fourth-order valence-electron chi connectivity index (χ4n) is 2.56. The minimum absolute atomic E-state index is 0. The average Bonchev–Trinajstić information content (AvgIpc) is 2.85. The van der Waals surface area contributed by atoms with Crippen LogP contribution < -0.4 is 5.32 Å². The van der Waals surface area contributed by atoms with Crippen LogP contribution in [0.5, 0.6) is 0 Å². The Bertz CT molecular complexity index is 565. The molecule has 0 amide bonds. The van der Waals surface area contributed by atoms with Crippen molar-refractivity contribution in [3.05, 3.63) is 56.2 Å². The van der Waals surface area contributed by atoms with Crippen molar-refractivity contribution in [1.29, 1.82) is 0 Å². The Balaban J connectivity index is 0.00000147. The first-order chi connectivity index (χ1) is 9.20. The van der Waals surface area contributed by atoms with E-state index in [0.717, 1.165) is 19.4 Å². The average molecular weight is 349 g/mol. The molecular weight excluding hydrogens is 333 g/mol. The van der Waals surface area contributed by atoms with E-state index in [4.69, 9.17) is 23.2 Å². The van der Waals surface area contributed by atoms with Crippen molar-refractivity contribution >= 4 is 46.9 Å². The predicted octanol–water partition coefficient (Wildman–Crippen LogP) is 5.65. The van der Waals surface area contributed by atoms with Crippen molar-refractivity contribution in [1.82, 2.24) is 5.32 Å². The lowest BCUT2D eigenvalue weighted by Crippen LogP contribution is -2.47. The molecule has 2 aromatic rings. The zero-order valence-electron chi connectivity index (χ0n) is 10.9. The molecular formula is C15H16Cl3NS. The van der Waals surface area contributed by atoms with E-state index in [1.54, 1.807) is 11.3 Å². The highest BCUT2D eigenvalue weighted by molar-refractivity contribution is 7.09. The predicted molar refractivity (Wildman–Crippen MR) is 90.4 cm³/mol. The van der Waals surface area contributed by atoms with Crippen LogP contribution in [0.4, 0.5) is 0 Å². The fourth-order valence-corrected chi connectivity index (χ4v) is 3.50. The lowest BCUT2D eigenvalue weighted by atomic mass is 9.72. The first-order valence-corrected chi connectivity index (χ1v) is 8.06. The lowest BCUT2D eigenvalue weighted by Gasteiger charge is -2.43. The van der Waals surface area contributed by atoms with Crippen molar-refractivity contribution in [2.75, 3.05) is 0 Å². The Hall–Kier alpha value is -0.250. The number of hydrogen-bond acceptors (Lipinski definition) is 2. The summed E-state index contributed by atoms with van der Waals surface area (Å²) in [5.41, 5.74) is 1.34. The van der Waals surface area contributed by atoms with E-state index in [-0.39, 0.29) is 17.9 Å². The molecule has 0 atom stereocenters. The van der Waals surface area contributed by atoms with Crippen molar-refractivity contribution < 1.29 is 0 Å². The van der Waals surface area contributed by atoms with Crippen LogP contribution in [0.3, 0.4) is 0 Å². The third kappa shape index (κ3) is 3.15. The standard InChI is InChI=1S/C15H15Cl2NS.ClH/c16-13-5-4-11(9-14(13)17)15(6-2-7-15)18-10-12-3-1-8-19-12;/h1,3-5,8-9,18H,2,6-7,10H2;1H. The van der Waals surface area contributed by atoms with Gasteiger partial charge in [0.1, 0.15) is 0 Å². The molecule has 0 saturated heterocycles. The monoisotopic (exact) mass is 347 g/mol. The molecule has 20 heavy (non-hydrogen) atoms. The fraction of sp³-hybridized carbons (Fsp3) is 0.333. The largest absolute Gasteiger partial charge is 0.302 e. The minimum atomic E-state index is 0. The Morgan fingerprint density at radius 2 is 1.95 bits per heavy atom. The van der Waals surface area contributed by atoms with Gasteiger partial charge in [0.2, 0.25) is 0 Å². The van der Waals surface area contributed by atoms with Crippen LogP contribution >= 0.6 is 46.9 Å². The quantitative estimate of drug-likeness (QED) is 0.753. The molecule has 0 bridgehead atoms. The van der Waals surface area contributed by atoms with Crippen molar-refractivity contribution in [3.8, 4) is 0 Å². The summed E-state index contributed by atoms with van der Waals surface area (Å²) in [7, 11) is 0. The lowest BCUT2D eigenvalue weighted by molar-refractivity contribution is 0.184. The molecule has 1 heterocycles. The van der Waals surface area contributed by atoms with Crippen LogP contribution in [0.15, 0.2) is 35.7 Å². The zero-order chi connectivity index (χ0) is 13.3. The van der Waals surface area contributed by atoms with Crippen LogP contribution in [0.25, 0.3) is 0 Å². The summed E-state index contributed by atoms with van der Waals surface area (Å²) in [6, 6.07) is 10.2. The Morgan fingerprint density at radius 1 is 1.15 bits per heavy atom. The molecule has 1 fully saturated rings. The van der Waals surface area contributed by atoms with Gasteiger partial charge in [0, 0.05) is 17.0 Å². The smallest absolute Gasteiger partial charge is 0.0595 e. The number of thiophene rings is 1. The Kier molecular flexibility index (Phi) is 5.38. The number of benzene rings is 1. The topological polar surface area (TPSA) is 12.0 Å². The SMILES string of the molecule is Cl.Clc1ccc(C2(NCc3cccs3)CCC2)cc1Cl. The molecule has 1 aliphatic rings. The summed E-state index contributed by atoms with van der Waals surface area (Å²) >= 11 is 13.9. The van der Waals surface area contributed by atoms with Crippen LogP contribution in [0.1, 0.15) is 29.7 Å². The van der Waals surface area contributed by atoms with Gasteiger partial charge in [0.15, 0.2) is 0 Å². The van der Waals surface area contributed by atoms with E-state index < -0.39 is 0 Å². The summed E-state index contributed by atoms with van der Waals surface area (Å²) in [5.74, 6) is 0. The van der Waals surface area contributed by atoms with Gasteiger partial charge in [-0.3, -0.25) is 0 Å². The molecule has 1 saturated carbocycles. The minimum Gasteiger partial charge on any atom is -0.302 e. The molecule has 5 heteroatoms. The molecule has 1 aromatic carbocycles. The molecule has 1 aromatic heterocycles. The number of hydrogen-bond donors (Lipinski definition) is 1. The van der Waals surface area contributed by atoms with Crippen molar-refractivity contribution in [2.45, 2.75) is 31.3 Å². The van der Waals surface area contributed by atoms with Gasteiger partial charge >= 0.3 is 0 Å². The third-order valence-corrected chi connectivity index (χ3v) is 5.48. The van der Waals surface area contributed by atoms with Crippen LogP contribution in [0, 0.1) is 0 Å². The van der Waals surface area contributed by atoms with Crippen molar-refractivity contribution in [2.24, 2.45) is 0 Å². The highest BCUT2D eigenvalue weighted by Crippen LogP contribution is 2.43. The summed E-state index contributed by atoms with van der Waals surface area (Å²) in [6.07, 6.45) is 3.59. The maximum atomic E-state index is 6.14. The molecule has 1 aliphatic carbocycles. The van der Waals surface area contributed by atoms with E-state index in [2.05, 4.69) is 28.9 Å². The molecule has 0 spiro atoms. The number of nitrogens with one attached hydrogen (secondary N) is 1. The van der Waals surface area contributed by atoms with Crippen LogP contribution in [0.2, 0.25) is 10.0 Å². The molecule has 1 N–H and O–H groups in total. The van der Waals surface area contributed by atoms with Gasteiger partial charge in [-0.05, 0) is 48.4 Å². The maximum absolute atomic E-state index is 6.14. The summed E-state index contributed by atoms with van der Waals surface area (Å²) in [4.78, 5) is 1.37. The van der Waals surface area contributed by atoms with Gasteiger partial charge in [-0.25, -0.2) is 0 Å². The summed E-state index contributed by atoms with van der Waals surface area (Å²) in [6.45, 7) is 0.915. The van der Waals surface area contributed by atoms with E-state index in [1.165, 1.54) is 16.9 Å². The van der Waals surface area contributed by atoms with Gasteiger partial charge in [-0.1, -0.05) is 35.3 Å². The Labute approximate surface area is 139 Å². The van der Waals surface area contributed by atoms with E-state index in [1.807, 2.05) is 12.1 Å². The second-order valence-corrected chi connectivity index (χ2v) is 6.84. The Morgan fingerprint density at radius 3 is 2.50 bits per heavy atom. The van der Waals surface area contributed by atoms with Gasteiger partial charge in [0.25, 0.3) is 0 Å². The zero-order valence-corrected chi connectivity index (χ0v) is 14.0. The summed E-state index contributed by atoms with van der Waals surface area (Å²) in [5, 5.41) is 7.09. The normalized spacial score (nSPS) is 16.3. The highest BCUT2D eigenvalue weighted by Gasteiger charge is 2.38. The first-order valence-electron chi connectivity index (χ1n) is 6.43. The van der Waals surface area contributed by atoms with E-state index >= 15 is 0 Å². The third-order valence-electron chi connectivity index (χ3n) is 3.86. The molecule has 0 unspecified atom stereocenters. The molecule has 108 valence electrons. The molecule has 1 nitrogen and oxygen atoms in total. The van der Waals surface area contributed by atoms with Crippen LogP contribution in [-0.2, 0) is 12.1 Å². The van der Waals surface area contributed by atoms with Gasteiger partial charge < -0.3 is 5.32 Å². The van der Waals surface area contributed by atoms with Gasteiger partial charge in [-0.2, -0.15) is 0 Å². The maximum Gasteiger partial charge on any atom is 0.0595 e.